The van der Waals surface area contributed by atoms with E-state index < -0.39 is 23.9 Å². The first-order valence-corrected chi connectivity index (χ1v) is 10.4. The van der Waals surface area contributed by atoms with Gasteiger partial charge >= 0.3 is 0 Å². The second-order valence-electron chi connectivity index (χ2n) is 8.17. The molecule has 0 aromatic heterocycles. The fourth-order valence-corrected chi connectivity index (χ4v) is 3.79. The van der Waals surface area contributed by atoms with E-state index in [2.05, 4.69) is 10.3 Å². The molecule has 1 aliphatic heterocycles. The number of nitrogens with one attached hydrogen (secondary N) is 1. The van der Waals surface area contributed by atoms with Crippen molar-refractivity contribution >= 4 is 29.1 Å². The first kappa shape index (κ1) is 22.2. The normalized spacial score (nSPS) is 16.9. The molecule has 3 amide bonds. The highest BCUT2D eigenvalue weighted by molar-refractivity contribution is 6.20. The van der Waals surface area contributed by atoms with Gasteiger partial charge in [-0.15, -0.1) is 0 Å². The lowest BCUT2D eigenvalue weighted by atomic mass is 9.93. The molecule has 0 fully saturated rings. The molecule has 7 nitrogen and oxygen atoms in total. The molecule has 0 saturated heterocycles. The van der Waals surface area contributed by atoms with Crippen molar-refractivity contribution in [1.29, 1.82) is 0 Å². The Balaban J connectivity index is 2.00. The number of benzene rings is 2. The number of carbonyl (C=O) groups is 3. The Morgan fingerprint density at radius 1 is 1.10 bits per heavy atom. The molecule has 31 heavy (non-hydrogen) atoms. The molecule has 162 valence electrons. The Bertz CT molecular complexity index is 1000. The van der Waals surface area contributed by atoms with Gasteiger partial charge < -0.3 is 16.0 Å². The van der Waals surface area contributed by atoms with Crippen LogP contribution in [0.2, 0.25) is 0 Å². The third-order valence-electron chi connectivity index (χ3n) is 5.24. The number of anilines is 1. The highest BCUT2D eigenvalue weighted by Gasteiger charge is 2.33. The largest absolute Gasteiger partial charge is 0.370 e. The molecule has 1 heterocycles. The third kappa shape index (κ3) is 5.17. The number of benzodiazepines with no additional fused rings is 1. The zero-order valence-corrected chi connectivity index (χ0v) is 18.0. The lowest BCUT2D eigenvalue weighted by Crippen LogP contribution is -2.48. The molecule has 3 rings (SSSR count). The number of nitrogens with zero attached hydrogens (tertiary/aromatic N) is 2. The van der Waals surface area contributed by atoms with Crippen molar-refractivity contribution in [1.82, 2.24) is 5.32 Å². The van der Waals surface area contributed by atoms with Crippen LogP contribution in [0.3, 0.4) is 0 Å². The highest BCUT2D eigenvalue weighted by Crippen LogP contribution is 2.27. The fraction of sp³-hybridized carbons (Fsp3) is 0.333. The minimum atomic E-state index is -1.11. The number of hydrogen-bond donors (Lipinski definition) is 2. The Morgan fingerprint density at radius 2 is 1.74 bits per heavy atom. The van der Waals surface area contributed by atoms with Gasteiger partial charge in [0.05, 0.1) is 11.4 Å². The predicted molar refractivity (Wildman–Crippen MR) is 121 cm³/mol. The van der Waals surface area contributed by atoms with Gasteiger partial charge in [-0.25, -0.2) is 4.99 Å². The summed E-state index contributed by atoms with van der Waals surface area (Å²) in [7, 11) is 1.67. The summed E-state index contributed by atoms with van der Waals surface area (Å²) in [5.74, 6) is -1.73. The summed E-state index contributed by atoms with van der Waals surface area (Å²) < 4.78 is 0. The highest BCUT2D eigenvalue weighted by atomic mass is 16.2. The quantitative estimate of drug-likeness (QED) is 0.719. The number of rotatable bonds is 7. The summed E-state index contributed by atoms with van der Waals surface area (Å²) in [5.41, 5.74) is 8.32. The lowest BCUT2D eigenvalue weighted by molar-refractivity contribution is -0.132. The monoisotopic (exact) mass is 420 g/mol. The standard InChI is InChI=1S/C24H28N4O3/c1-15(2)13-17(14-20(25)29)23(30)27-22-24(31)28(3)19-12-8-7-11-18(19)21(26-22)16-9-5-4-6-10-16/h4-12,15,17,22H,13-14H2,1-3H3,(H2,25,29)(H,27,30). The van der Waals surface area contributed by atoms with Crippen molar-refractivity contribution in [2.75, 3.05) is 11.9 Å². The third-order valence-corrected chi connectivity index (χ3v) is 5.24. The maximum atomic E-state index is 13.2. The predicted octanol–water partition coefficient (Wildman–Crippen LogP) is 2.48. The van der Waals surface area contributed by atoms with Crippen LogP contribution < -0.4 is 16.0 Å². The van der Waals surface area contributed by atoms with Gasteiger partial charge in [0.2, 0.25) is 18.0 Å². The summed E-state index contributed by atoms with van der Waals surface area (Å²) >= 11 is 0. The van der Waals surface area contributed by atoms with Gasteiger partial charge in [-0.2, -0.15) is 0 Å². The Kier molecular flexibility index (Phi) is 6.84. The van der Waals surface area contributed by atoms with Crippen molar-refractivity contribution in [2.24, 2.45) is 22.6 Å². The summed E-state index contributed by atoms with van der Waals surface area (Å²) in [6.45, 7) is 3.93. The number of hydrogen-bond acceptors (Lipinski definition) is 4. The van der Waals surface area contributed by atoms with Crippen LogP contribution in [0.5, 0.6) is 0 Å². The molecule has 7 heteroatoms. The summed E-state index contributed by atoms with van der Waals surface area (Å²) in [6.07, 6.45) is -0.695. The van der Waals surface area contributed by atoms with Crippen LogP contribution >= 0.6 is 0 Å². The second kappa shape index (κ2) is 9.55. The smallest absolute Gasteiger partial charge is 0.272 e. The number of primary amides is 1. The number of carbonyl (C=O) groups excluding carboxylic acids is 3. The van der Waals surface area contributed by atoms with E-state index in [0.29, 0.717) is 17.8 Å². The average molecular weight is 421 g/mol. The van der Waals surface area contributed by atoms with Crippen LogP contribution in [0.15, 0.2) is 59.6 Å². The van der Waals surface area contributed by atoms with Crippen molar-refractivity contribution in [3.05, 3.63) is 65.7 Å². The van der Waals surface area contributed by atoms with Crippen LogP contribution in [0.25, 0.3) is 0 Å². The first-order valence-electron chi connectivity index (χ1n) is 10.4. The van der Waals surface area contributed by atoms with Gasteiger partial charge in [-0.3, -0.25) is 14.4 Å². The molecule has 1 aliphatic rings. The van der Waals surface area contributed by atoms with Crippen LogP contribution in [0, 0.1) is 11.8 Å². The van der Waals surface area contributed by atoms with Crippen molar-refractivity contribution in [3.8, 4) is 0 Å². The van der Waals surface area contributed by atoms with Crippen molar-refractivity contribution in [2.45, 2.75) is 32.9 Å². The maximum Gasteiger partial charge on any atom is 0.272 e. The summed E-state index contributed by atoms with van der Waals surface area (Å²) in [6, 6.07) is 17.0. The fourth-order valence-electron chi connectivity index (χ4n) is 3.79. The molecular formula is C24H28N4O3. The van der Waals surface area contributed by atoms with Gasteiger partial charge in [0, 0.05) is 30.5 Å². The van der Waals surface area contributed by atoms with E-state index in [9.17, 15) is 14.4 Å². The maximum absolute atomic E-state index is 13.2. The van der Waals surface area contributed by atoms with E-state index in [-0.39, 0.29) is 18.2 Å². The topological polar surface area (TPSA) is 105 Å². The van der Waals surface area contributed by atoms with Crippen LogP contribution in [-0.4, -0.2) is 36.6 Å². The first-order chi connectivity index (χ1) is 14.8. The molecule has 3 N–H and O–H groups in total. The number of nitrogens with two attached hydrogens (primary N) is 1. The van der Waals surface area contributed by atoms with E-state index in [0.717, 1.165) is 11.1 Å². The molecule has 0 spiro atoms. The number of fused-ring (bicyclic) bond motifs is 1. The Morgan fingerprint density at radius 3 is 2.39 bits per heavy atom. The second-order valence-corrected chi connectivity index (χ2v) is 8.17. The van der Waals surface area contributed by atoms with E-state index in [4.69, 9.17) is 5.73 Å². The van der Waals surface area contributed by atoms with Gasteiger partial charge in [0.1, 0.15) is 0 Å². The van der Waals surface area contributed by atoms with Gasteiger partial charge in [0.15, 0.2) is 0 Å². The molecular weight excluding hydrogens is 392 g/mol. The van der Waals surface area contributed by atoms with Crippen molar-refractivity contribution < 1.29 is 14.4 Å². The van der Waals surface area contributed by atoms with Crippen molar-refractivity contribution in [3.63, 3.8) is 0 Å². The minimum absolute atomic E-state index is 0.0732. The average Bonchev–Trinajstić information content (AvgIpc) is 2.84. The Hall–Kier alpha value is -3.48. The summed E-state index contributed by atoms with van der Waals surface area (Å²) in [5, 5.41) is 2.76. The van der Waals surface area contributed by atoms with E-state index in [1.165, 1.54) is 4.90 Å². The van der Waals surface area contributed by atoms with E-state index in [1.54, 1.807) is 7.05 Å². The zero-order valence-electron chi connectivity index (χ0n) is 18.0. The van der Waals surface area contributed by atoms with Crippen LogP contribution in [0.1, 0.15) is 37.8 Å². The van der Waals surface area contributed by atoms with Crippen LogP contribution in [-0.2, 0) is 14.4 Å². The van der Waals surface area contributed by atoms with E-state index >= 15 is 0 Å². The molecule has 2 aromatic carbocycles. The molecule has 0 bridgehead atoms. The van der Waals surface area contributed by atoms with Gasteiger partial charge in [-0.05, 0) is 18.4 Å². The lowest BCUT2D eigenvalue weighted by Gasteiger charge is -2.23. The molecule has 2 aromatic rings. The zero-order chi connectivity index (χ0) is 22.5. The summed E-state index contributed by atoms with van der Waals surface area (Å²) in [4.78, 5) is 43.9. The van der Waals surface area contributed by atoms with Crippen LogP contribution in [0.4, 0.5) is 5.69 Å². The molecule has 0 saturated carbocycles. The number of likely N-dealkylation sites (N-methyl/N-ethyl adjacent to an activating group) is 1. The number of amides is 3. The molecule has 2 atom stereocenters. The minimum Gasteiger partial charge on any atom is -0.370 e. The molecule has 2 unspecified atom stereocenters. The Labute approximate surface area is 182 Å². The van der Waals surface area contributed by atoms with Gasteiger partial charge in [0.25, 0.3) is 5.91 Å². The van der Waals surface area contributed by atoms with Gasteiger partial charge in [-0.1, -0.05) is 62.4 Å². The number of para-hydroxylation sites is 1. The molecule has 0 aliphatic carbocycles. The SMILES string of the molecule is CC(C)CC(CC(N)=O)C(=O)NC1N=C(c2ccccc2)c2ccccc2N(C)C1=O. The number of aliphatic imine (C=N–C) groups is 1. The molecule has 0 radical (unpaired) electrons. The van der Waals surface area contributed by atoms with E-state index in [1.807, 2.05) is 68.4 Å².